The normalized spacial score (nSPS) is 12.0. The molecular formula is C23H38FNO2. The van der Waals surface area contributed by atoms with Crippen LogP contribution in [0.3, 0.4) is 0 Å². The number of ether oxygens (including phenoxy) is 1. The molecular weight excluding hydrogens is 341 g/mol. The second-order valence-corrected chi connectivity index (χ2v) is 7.41. The third-order valence-corrected chi connectivity index (χ3v) is 4.88. The number of hydrogen-bond donors (Lipinski definition) is 1. The first-order chi connectivity index (χ1) is 13.2. The zero-order valence-corrected chi connectivity index (χ0v) is 17.3. The average molecular weight is 380 g/mol. The summed E-state index contributed by atoms with van der Waals surface area (Å²) >= 11 is 0. The molecule has 27 heavy (non-hydrogen) atoms. The van der Waals surface area contributed by atoms with Crippen LogP contribution >= 0.6 is 0 Å². The van der Waals surface area contributed by atoms with E-state index >= 15 is 0 Å². The van der Waals surface area contributed by atoms with E-state index in [1.54, 1.807) is 12.1 Å². The number of rotatable bonds is 15. The summed E-state index contributed by atoms with van der Waals surface area (Å²) < 4.78 is 18.6. The number of benzene rings is 1. The highest BCUT2D eigenvalue weighted by Gasteiger charge is 2.14. The van der Waals surface area contributed by atoms with Gasteiger partial charge in [-0.15, -0.1) is 0 Å². The molecule has 0 aliphatic carbocycles. The quantitative estimate of drug-likeness (QED) is 0.329. The summed E-state index contributed by atoms with van der Waals surface area (Å²) in [4.78, 5) is 12.1. The Morgan fingerprint density at radius 3 is 2.04 bits per heavy atom. The van der Waals surface area contributed by atoms with Gasteiger partial charge >= 0.3 is 6.09 Å². The number of nitrogens with one attached hydrogen (secondary N) is 1. The lowest BCUT2D eigenvalue weighted by atomic mass is 10.0. The van der Waals surface area contributed by atoms with E-state index in [0.29, 0.717) is 6.54 Å². The summed E-state index contributed by atoms with van der Waals surface area (Å²) in [7, 11) is 0. The highest BCUT2D eigenvalue weighted by molar-refractivity contribution is 5.67. The number of hydrogen-bond acceptors (Lipinski definition) is 2. The van der Waals surface area contributed by atoms with E-state index in [1.165, 1.54) is 63.5 Å². The number of amides is 1. The molecule has 0 saturated carbocycles. The fourth-order valence-electron chi connectivity index (χ4n) is 3.18. The zero-order chi connectivity index (χ0) is 19.7. The molecule has 1 aromatic rings. The van der Waals surface area contributed by atoms with E-state index < -0.39 is 0 Å². The van der Waals surface area contributed by atoms with Crippen molar-refractivity contribution in [1.29, 1.82) is 0 Å². The molecule has 0 heterocycles. The Labute approximate surface area is 165 Å². The van der Waals surface area contributed by atoms with Crippen LogP contribution in [0.5, 0.6) is 0 Å². The summed E-state index contributed by atoms with van der Waals surface area (Å²) in [5.74, 6) is -0.271. The predicted octanol–water partition coefficient (Wildman–Crippen LogP) is 7.14. The Morgan fingerprint density at radius 1 is 0.889 bits per heavy atom. The van der Waals surface area contributed by atoms with Crippen LogP contribution in [0.1, 0.15) is 96.5 Å². The molecule has 1 N–H and O–H groups in total. The van der Waals surface area contributed by atoms with Gasteiger partial charge in [-0.2, -0.15) is 0 Å². The van der Waals surface area contributed by atoms with Crippen molar-refractivity contribution in [1.82, 2.24) is 5.32 Å². The summed E-state index contributed by atoms with van der Waals surface area (Å²) in [5, 5.41) is 2.78. The van der Waals surface area contributed by atoms with Gasteiger partial charge in [-0.05, 0) is 43.4 Å². The highest BCUT2D eigenvalue weighted by atomic mass is 19.1. The SMILES string of the molecule is CCCCCCCCCC(CCCCC)OC(=O)NCc1ccc(F)cc1. The molecule has 0 bridgehead atoms. The summed E-state index contributed by atoms with van der Waals surface area (Å²) in [6.07, 6.45) is 13.8. The van der Waals surface area contributed by atoms with Crippen LogP contribution in [0.25, 0.3) is 0 Å². The largest absolute Gasteiger partial charge is 0.446 e. The molecule has 1 unspecified atom stereocenters. The van der Waals surface area contributed by atoms with Gasteiger partial charge in [0.05, 0.1) is 0 Å². The van der Waals surface area contributed by atoms with Crippen molar-refractivity contribution in [3.8, 4) is 0 Å². The van der Waals surface area contributed by atoms with Crippen molar-refractivity contribution in [3.05, 3.63) is 35.6 Å². The minimum absolute atomic E-state index is 0.000379. The third-order valence-electron chi connectivity index (χ3n) is 4.88. The Balaban J connectivity index is 2.29. The first-order valence-electron chi connectivity index (χ1n) is 10.8. The van der Waals surface area contributed by atoms with Crippen LogP contribution in [-0.4, -0.2) is 12.2 Å². The first-order valence-corrected chi connectivity index (χ1v) is 10.8. The maximum atomic E-state index is 12.9. The first kappa shape index (κ1) is 23.5. The van der Waals surface area contributed by atoms with Gasteiger partial charge in [0.1, 0.15) is 11.9 Å². The molecule has 4 heteroatoms. The molecule has 1 amide bonds. The lowest BCUT2D eigenvalue weighted by molar-refractivity contribution is 0.0838. The Kier molecular flexibility index (Phi) is 13.4. The molecule has 1 atom stereocenters. The third kappa shape index (κ3) is 12.4. The van der Waals surface area contributed by atoms with Crippen molar-refractivity contribution in [2.24, 2.45) is 0 Å². The summed E-state index contributed by atoms with van der Waals surface area (Å²) in [6, 6.07) is 6.15. The van der Waals surface area contributed by atoms with Crippen LogP contribution in [-0.2, 0) is 11.3 Å². The minimum atomic E-state index is -0.372. The molecule has 0 aliphatic heterocycles. The van der Waals surface area contributed by atoms with Crippen LogP contribution in [0, 0.1) is 5.82 Å². The molecule has 0 fully saturated rings. The summed E-state index contributed by atoms with van der Waals surface area (Å²) in [5.41, 5.74) is 0.864. The number of carbonyl (C=O) groups excluding carboxylic acids is 1. The second-order valence-electron chi connectivity index (χ2n) is 7.41. The van der Waals surface area contributed by atoms with Crippen LogP contribution < -0.4 is 5.32 Å². The van der Waals surface area contributed by atoms with Crippen molar-refractivity contribution in [2.75, 3.05) is 0 Å². The van der Waals surface area contributed by atoms with E-state index in [1.807, 2.05) is 0 Å². The van der Waals surface area contributed by atoms with Gasteiger partial charge in [0.2, 0.25) is 0 Å². The standard InChI is InChI=1S/C23H38FNO2/c1-3-5-7-8-9-10-12-14-22(13-11-6-4-2)27-23(26)25-19-20-15-17-21(24)18-16-20/h15-18,22H,3-14,19H2,1-2H3,(H,25,26). The van der Waals surface area contributed by atoms with Crippen LogP contribution in [0.4, 0.5) is 9.18 Å². The maximum absolute atomic E-state index is 12.9. The topological polar surface area (TPSA) is 38.3 Å². The molecule has 0 spiro atoms. The van der Waals surface area contributed by atoms with E-state index in [-0.39, 0.29) is 18.0 Å². The van der Waals surface area contributed by atoms with Crippen molar-refractivity contribution < 1.29 is 13.9 Å². The van der Waals surface area contributed by atoms with Crippen LogP contribution in [0.2, 0.25) is 0 Å². The van der Waals surface area contributed by atoms with Crippen molar-refractivity contribution in [3.63, 3.8) is 0 Å². The molecule has 154 valence electrons. The lowest BCUT2D eigenvalue weighted by Gasteiger charge is -2.18. The van der Waals surface area contributed by atoms with Gasteiger partial charge in [-0.3, -0.25) is 0 Å². The van der Waals surface area contributed by atoms with E-state index in [9.17, 15) is 9.18 Å². The van der Waals surface area contributed by atoms with E-state index in [0.717, 1.165) is 31.2 Å². The van der Waals surface area contributed by atoms with Crippen molar-refractivity contribution in [2.45, 2.75) is 104 Å². The molecule has 0 aliphatic rings. The van der Waals surface area contributed by atoms with Gasteiger partial charge in [-0.1, -0.05) is 77.3 Å². The Morgan fingerprint density at radius 2 is 1.41 bits per heavy atom. The average Bonchev–Trinajstić information content (AvgIpc) is 2.67. The predicted molar refractivity (Wildman–Crippen MR) is 110 cm³/mol. The van der Waals surface area contributed by atoms with Crippen LogP contribution in [0.15, 0.2) is 24.3 Å². The van der Waals surface area contributed by atoms with Gasteiger partial charge in [-0.25, -0.2) is 9.18 Å². The van der Waals surface area contributed by atoms with Gasteiger partial charge in [0, 0.05) is 6.54 Å². The van der Waals surface area contributed by atoms with E-state index in [4.69, 9.17) is 4.74 Å². The Bertz CT molecular complexity index is 490. The van der Waals surface area contributed by atoms with Gasteiger partial charge < -0.3 is 10.1 Å². The smallest absolute Gasteiger partial charge is 0.407 e. The molecule has 3 nitrogen and oxygen atoms in total. The number of alkyl carbamates (subject to hydrolysis) is 1. The summed E-state index contributed by atoms with van der Waals surface area (Å²) in [6.45, 7) is 4.78. The van der Waals surface area contributed by atoms with Gasteiger partial charge in [0.15, 0.2) is 0 Å². The Hall–Kier alpha value is -1.58. The fourth-order valence-corrected chi connectivity index (χ4v) is 3.18. The fraction of sp³-hybridized carbons (Fsp3) is 0.696. The van der Waals surface area contributed by atoms with E-state index in [2.05, 4.69) is 19.2 Å². The molecule has 0 aromatic heterocycles. The second kappa shape index (κ2) is 15.5. The molecule has 1 rings (SSSR count). The van der Waals surface area contributed by atoms with Gasteiger partial charge in [0.25, 0.3) is 0 Å². The number of carbonyl (C=O) groups is 1. The number of halogens is 1. The highest BCUT2D eigenvalue weighted by Crippen LogP contribution is 2.16. The molecule has 0 saturated heterocycles. The zero-order valence-electron chi connectivity index (χ0n) is 17.3. The lowest BCUT2D eigenvalue weighted by Crippen LogP contribution is -2.28. The monoisotopic (exact) mass is 379 g/mol. The number of unbranched alkanes of at least 4 members (excludes halogenated alkanes) is 8. The minimum Gasteiger partial charge on any atom is -0.446 e. The maximum Gasteiger partial charge on any atom is 0.407 e. The van der Waals surface area contributed by atoms with Crippen molar-refractivity contribution >= 4 is 6.09 Å². The molecule has 1 aromatic carbocycles. The molecule has 0 radical (unpaired) electrons.